The molecular weight excluding hydrogens is 414 g/mol. The van der Waals surface area contributed by atoms with Crippen LogP contribution in [0.3, 0.4) is 0 Å². The minimum Gasteiger partial charge on any atom is -0.478 e. The molecule has 0 spiro atoms. The van der Waals surface area contributed by atoms with Gasteiger partial charge in [-0.1, -0.05) is 29.3 Å². The third kappa shape index (κ3) is 3.84. The lowest BCUT2D eigenvalue weighted by Gasteiger charge is -2.02. The summed E-state index contributed by atoms with van der Waals surface area (Å²) in [7, 11) is 0. The van der Waals surface area contributed by atoms with Crippen LogP contribution in [0.2, 0.25) is 10.0 Å². The van der Waals surface area contributed by atoms with Crippen LogP contribution in [0.15, 0.2) is 30.6 Å². The molecule has 0 saturated carbocycles. The summed E-state index contributed by atoms with van der Waals surface area (Å²) in [6.07, 6.45) is -2.47. The molecule has 0 aliphatic carbocycles. The molecule has 26 heavy (non-hydrogen) atoms. The van der Waals surface area contributed by atoms with Crippen molar-refractivity contribution in [2.75, 3.05) is 0 Å². The van der Waals surface area contributed by atoms with E-state index >= 15 is 0 Å². The Morgan fingerprint density at radius 2 is 2.00 bits per heavy atom. The summed E-state index contributed by atoms with van der Waals surface area (Å²) in [6.45, 7) is -0.0949. The van der Waals surface area contributed by atoms with E-state index in [0.29, 0.717) is 15.1 Å². The van der Waals surface area contributed by atoms with Gasteiger partial charge >= 0.3 is 12.1 Å². The maximum absolute atomic E-state index is 12.9. The molecule has 0 amide bonds. The smallest absolute Gasteiger partial charge is 0.436 e. The molecule has 1 aromatic carbocycles. The summed E-state index contributed by atoms with van der Waals surface area (Å²) >= 11 is 13.1. The Kier molecular flexibility index (Phi) is 4.96. The quantitative estimate of drug-likeness (QED) is 0.637. The van der Waals surface area contributed by atoms with Crippen LogP contribution in [0.1, 0.15) is 21.1 Å². The van der Waals surface area contributed by atoms with Gasteiger partial charge in [0.2, 0.25) is 0 Å². The first-order chi connectivity index (χ1) is 12.1. The Morgan fingerprint density at radius 1 is 1.27 bits per heavy atom. The summed E-state index contributed by atoms with van der Waals surface area (Å²) in [4.78, 5) is 15.9. The van der Waals surface area contributed by atoms with E-state index in [-0.39, 0.29) is 6.54 Å². The summed E-state index contributed by atoms with van der Waals surface area (Å²) < 4.78 is 39.6. The Labute approximate surface area is 158 Å². The first-order valence-electron chi connectivity index (χ1n) is 6.93. The molecule has 3 aromatic rings. The van der Waals surface area contributed by atoms with Gasteiger partial charge in [-0.05, 0) is 17.7 Å². The number of thiazole rings is 1. The third-order valence-corrected chi connectivity index (χ3v) is 5.09. The van der Waals surface area contributed by atoms with Crippen LogP contribution in [-0.4, -0.2) is 25.8 Å². The van der Waals surface area contributed by atoms with Crippen molar-refractivity contribution in [3.05, 3.63) is 56.9 Å². The summed E-state index contributed by atoms with van der Waals surface area (Å²) in [6, 6.07) is 5.02. The Morgan fingerprint density at radius 3 is 2.58 bits per heavy atom. The minimum absolute atomic E-state index is 0.0949. The first-order valence-corrected chi connectivity index (χ1v) is 8.50. The average Bonchev–Trinajstić information content (AvgIpc) is 3.17. The molecule has 3 rings (SSSR count). The SMILES string of the molecule is O=C(O)c1cn(Cc2ncc(-c3ccc(Cl)c(Cl)c3)s2)nc1C(F)(F)F. The van der Waals surface area contributed by atoms with Crippen LogP contribution in [0.5, 0.6) is 0 Å². The predicted molar refractivity (Wildman–Crippen MR) is 90.9 cm³/mol. The molecule has 136 valence electrons. The number of hydrogen-bond acceptors (Lipinski definition) is 4. The first kappa shape index (κ1) is 18.7. The third-order valence-electron chi connectivity index (χ3n) is 3.32. The second-order valence-corrected chi connectivity index (χ2v) is 7.07. The van der Waals surface area contributed by atoms with Gasteiger partial charge in [0.25, 0.3) is 0 Å². The number of alkyl halides is 3. The number of hydrogen-bond donors (Lipinski definition) is 1. The second-order valence-electron chi connectivity index (χ2n) is 5.14. The van der Waals surface area contributed by atoms with Gasteiger partial charge in [0, 0.05) is 12.4 Å². The molecule has 0 radical (unpaired) electrons. The molecule has 0 saturated heterocycles. The van der Waals surface area contributed by atoms with Gasteiger partial charge in [-0.2, -0.15) is 18.3 Å². The van der Waals surface area contributed by atoms with E-state index in [0.717, 1.165) is 21.3 Å². The monoisotopic (exact) mass is 421 g/mol. The topological polar surface area (TPSA) is 68.0 Å². The number of carboxylic acids is 1. The molecule has 1 N–H and O–H groups in total. The second kappa shape index (κ2) is 6.90. The molecule has 5 nitrogen and oxygen atoms in total. The number of aromatic nitrogens is 3. The number of halogens is 5. The number of carboxylic acid groups (broad SMARTS) is 1. The Balaban J connectivity index is 1.87. The van der Waals surface area contributed by atoms with Crippen LogP contribution in [-0.2, 0) is 12.7 Å². The highest BCUT2D eigenvalue weighted by atomic mass is 35.5. The van der Waals surface area contributed by atoms with Crippen molar-refractivity contribution in [3.8, 4) is 10.4 Å². The highest BCUT2D eigenvalue weighted by Gasteiger charge is 2.39. The number of rotatable bonds is 4. The Bertz CT molecular complexity index is 985. The fourth-order valence-corrected chi connectivity index (χ4v) is 3.38. The highest BCUT2D eigenvalue weighted by molar-refractivity contribution is 7.15. The van der Waals surface area contributed by atoms with E-state index in [1.54, 1.807) is 24.4 Å². The van der Waals surface area contributed by atoms with Crippen molar-refractivity contribution >= 4 is 40.5 Å². The maximum atomic E-state index is 12.9. The lowest BCUT2D eigenvalue weighted by Crippen LogP contribution is -2.12. The van der Waals surface area contributed by atoms with Gasteiger partial charge in [-0.25, -0.2) is 9.78 Å². The standard InChI is InChI=1S/C15H8Cl2F3N3O2S/c16-9-2-1-7(3-10(9)17)11-4-21-12(26-11)6-23-5-8(14(24)25)13(22-23)15(18,19)20/h1-5H,6H2,(H,24,25). The predicted octanol–water partition coefficient (Wildman–Crippen LogP) is 5.08. The molecule has 0 aliphatic heterocycles. The van der Waals surface area contributed by atoms with Crippen LogP contribution >= 0.6 is 34.5 Å². The van der Waals surface area contributed by atoms with Crippen molar-refractivity contribution in [2.24, 2.45) is 0 Å². The molecular formula is C15H8Cl2F3N3O2S. The van der Waals surface area contributed by atoms with Gasteiger partial charge in [0.05, 0.1) is 21.5 Å². The van der Waals surface area contributed by atoms with Crippen molar-refractivity contribution < 1.29 is 23.1 Å². The minimum atomic E-state index is -4.85. The number of carbonyl (C=O) groups is 1. The summed E-state index contributed by atoms with van der Waals surface area (Å²) in [5, 5.41) is 13.5. The number of aromatic carboxylic acids is 1. The van der Waals surface area contributed by atoms with Gasteiger partial charge < -0.3 is 5.11 Å². The number of benzene rings is 1. The van der Waals surface area contributed by atoms with Crippen LogP contribution < -0.4 is 0 Å². The highest BCUT2D eigenvalue weighted by Crippen LogP contribution is 2.33. The van der Waals surface area contributed by atoms with Gasteiger partial charge in [0.1, 0.15) is 10.6 Å². The zero-order valence-corrected chi connectivity index (χ0v) is 14.9. The van der Waals surface area contributed by atoms with Crippen LogP contribution in [0.4, 0.5) is 13.2 Å². The van der Waals surface area contributed by atoms with Crippen molar-refractivity contribution in [1.29, 1.82) is 0 Å². The average molecular weight is 422 g/mol. The fourth-order valence-electron chi connectivity index (χ4n) is 2.17. The normalized spacial score (nSPS) is 11.7. The van der Waals surface area contributed by atoms with Crippen LogP contribution in [0, 0.1) is 0 Å². The molecule has 0 atom stereocenters. The van der Waals surface area contributed by atoms with E-state index in [4.69, 9.17) is 28.3 Å². The zero-order valence-electron chi connectivity index (χ0n) is 12.6. The lowest BCUT2D eigenvalue weighted by atomic mass is 10.2. The van der Waals surface area contributed by atoms with Gasteiger partial charge in [-0.3, -0.25) is 4.68 Å². The Hall–Kier alpha value is -2.10. The largest absolute Gasteiger partial charge is 0.478 e. The molecule has 2 heterocycles. The molecule has 0 bridgehead atoms. The van der Waals surface area contributed by atoms with Crippen molar-refractivity contribution in [2.45, 2.75) is 12.7 Å². The van der Waals surface area contributed by atoms with E-state index in [1.807, 2.05) is 0 Å². The van der Waals surface area contributed by atoms with Crippen LogP contribution in [0.25, 0.3) is 10.4 Å². The van der Waals surface area contributed by atoms with Crippen molar-refractivity contribution in [3.63, 3.8) is 0 Å². The lowest BCUT2D eigenvalue weighted by molar-refractivity contribution is -0.142. The van der Waals surface area contributed by atoms with E-state index < -0.39 is 23.4 Å². The molecule has 0 fully saturated rings. The molecule has 11 heteroatoms. The van der Waals surface area contributed by atoms with E-state index in [2.05, 4.69) is 10.1 Å². The number of nitrogens with zero attached hydrogens (tertiary/aromatic N) is 3. The van der Waals surface area contributed by atoms with Gasteiger partial charge in [0.15, 0.2) is 5.69 Å². The van der Waals surface area contributed by atoms with Crippen molar-refractivity contribution in [1.82, 2.24) is 14.8 Å². The van der Waals surface area contributed by atoms with E-state index in [9.17, 15) is 18.0 Å². The van der Waals surface area contributed by atoms with E-state index in [1.165, 1.54) is 11.3 Å². The zero-order chi connectivity index (χ0) is 19.1. The molecule has 0 unspecified atom stereocenters. The summed E-state index contributed by atoms with van der Waals surface area (Å²) in [5.41, 5.74) is -1.59. The fraction of sp³-hybridized carbons (Fsp3) is 0.133. The summed E-state index contributed by atoms with van der Waals surface area (Å²) in [5.74, 6) is -1.70. The molecule has 0 aliphatic rings. The molecule has 2 aromatic heterocycles. The maximum Gasteiger partial charge on any atom is 0.436 e. The van der Waals surface area contributed by atoms with Gasteiger partial charge in [-0.15, -0.1) is 11.3 Å².